The van der Waals surface area contributed by atoms with Crippen molar-refractivity contribution in [3.63, 3.8) is 0 Å². The van der Waals surface area contributed by atoms with Gasteiger partial charge in [-0.2, -0.15) is 0 Å². The van der Waals surface area contributed by atoms with Gasteiger partial charge in [0.05, 0.1) is 5.69 Å². The lowest BCUT2D eigenvalue weighted by Gasteiger charge is -2.19. The van der Waals surface area contributed by atoms with Crippen molar-refractivity contribution in [1.29, 1.82) is 0 Å². The van der Waals surface area contributed by atoms with E-state index in [1.54, 1.807) is 0 Å². The summed E-state index contributed by atoms with van der Waals surface area (Å²) in [6.07, 6.45) is 0.773. The number of nitrogens with zero attached hydrogens (tertiary/aromatic N) is 1. The number of fused-ring (bicyclic) bond motifs is 1. The monoisotopic (exact) mass is 303 g/mol. The quantitative estimate of drug-likeness (QED) is 0.852. The summed E-state index contributed by atoms with van der Waals surface area (Å²) in [5.74, 6) is 0.672. The first-order valence-electron chi connectivity index (χ1n) is 6.93. The summed E-state index contributed by atoms with van der Waals surface area (Å²) in [4.78, 5) is 0. The summed E-state index contributed by atoms with van der Waals surface area (Å²) in [5, 5.41) is 0. The molecule has 3 rings (SSSR count). The van der Waals surface area contributed by atoms with Crippen LogP contribution in [0.1, 0.15) is 5.56 Å². The van der Waals surface area contributed by atoms with Crippen LogP contribution in [0.5, 0.6) is 5.75 Å². The largest absolute Gasteiger partial charge is 0.492 e. The van der Waals surface area contributed by atoms with Gasteiger partial charge in [-0.1, -0.05) is 36.4 Å². The second-order valence-corrected chi connectivity index (χ2v) is 6.94. The van der Waals surface area contributed by atoms with Gasteiger partial charge in [0.25, 0.3) is 0 Å². The molecule has 5 heteroatoms. The summed E-state index contributed by atoms with van der Waals surface area (Å²) in [6, 6.07) is 16.9. The number of hydrogen-bond donors (Lipinski definition) is 0. The lowest BCUT2D eigenvalue weighted by Crippen LogP contribution is -2.33. The lowest BCUT2D eigenvalue weighted by molar-refractivity contribution is 0.340. The van der Waals surface area contributed by atoms with E-state index in [9.17, 15) is 8.42 Å². The van der Waals surface area contributed by atoms with E-state index in [4.69, 9.17) is 4.74 Å². The molecule has 0 saturated carbocycles. The number of anilines is 1. The van der Waals surface area contributed by atoms with E-state index >= 15 is 0 Å². The zero-order valence-electron chi connectivity index (χ0n) is 11.6. The molecule has 0 saturated heterocycles. The van der Waals surface area contributed by atoms with Gasteiger partial charge in [-0.3, -0.25) is 4.31 Å². The number of rotatable bonds is 5. The van der Waals surface area contributed by atoms with Crippen LogP contribution in [-0.4, -0.2) is 27.3 Å². The van der Waals surface area contributed by atoms with Gasteiger partial charge in [-0.05, 0) is 30.2 Å². The van der Waals surface area contributed by atoms with E-state index in [1.807, 2.05) is 54.6 Å². The van der Waals surface area contributed by atoms with Gasteiger partial charge in [0.15, 0.2) is 0 Å². The Labute approximate surface area is 125 Å². The van der Waals surface area contributed by atoms with Crippen LogP contribution in [-0.2, 0) is 16.4 Å². The van der Waals surface area contributed by atoms with E-state index in [2.05, 4.69) is 0 Å². The predicted octanol–water partition coefficient (Wildman–Crippen LogP) is 2.46. The molecule has 0 radical (unpaired) electrons. The fourth-order valence-corrected chi connectivity index (χ4v) is 3.85. The fraction of sp³-hybridized carbons (Fsp3) is 0.250. The second kappa shape index (κ2) is 5.77. The topological polar surface area (TPSA) is 46.6 Å². The average molecular weight is 303 g/mol. The first kappa shape index (κ1) is 13.9. The molecule has 0 aliphatic carbocycles. The van der Waals surface area contributed by atoms with Crippen molar-refractivity contribution in [3.8, 4) is 5.75 Å². The maximum Gasteiger partial charge on any atom is 0.238 e. The van der Waals surface area contributed by atoms with Gasteiger partial charge < -0.3 is 4.74 Å². The molecule has 0 N–H and O–H groups in total. The number of sulfonamides is 1. The maximum absolute atomic E-state index is 12.4. The Bertz CT molecular complexity index is 713. The SMILES string of the molecule is O=S(=O)(CCOc1ccccc1)N1CCc2ccccc21. The number of benzene rings is 2. The maximum atomic E-state index is 12.4. The standard InChI is InChI=1S/C16H17NO3S/c18-21(19,13-12-20-15-7-2-1-3-8-15)17-11-10-14-6-4-5-9-16(14)17/h1-9H,10-13H2. The minimum absolute atomic E-state index is 0.0176. The summed E-state index contributed by atoms with van der Waals surface area (Å²) in [5.41, 5.74) is 1.89. The summed E-state index contributed by atoms with van der Waals surface area (Å²) >= 11 is 0. The van der Waals surface area contributed by atoms with E-state index in [0.717, 1.165) is 17.7 Å². The van der Waals surface area contributed by atoms with Gasteiger partial charge in [-0.15, -0.1) is 0 Å². The van der Waals surface area contributed by atoms with E-state index in [0.29, 0.717) is 12.3 Å². The van der Waals surface area contributed by atoms with Gasteiger partial charge in [0.1, 0.15) is 18.1 Å². The first-order chi connectivity index (χ1) is 10.2. The Morgan fingerprint density at radius 1 is 1.00 bits per heavy atom. The molecule has 2 aromatic carbocycles. The van der Waals surface area contributed by atoms with Crippen LogP contribution in [0.2, 0.25) is 0 Å². The minimum atomic E-state index is -3.34. The van der Waals surface area contributed by atoms with Crippen molar-refractivity contribution in [2.24, 2.45) is 0 Å². The molecule has 4 nitrogen and oxygen atoms in total. The minimum Gasteiger partial charge on any atom is -0.492 e. The molecular formula is C16H17NO3S. The van der Waals surface area contributed by atoms with Crippen LogP contribution < -0.4 is 9.04 Å². The molecule has 21 heavy (non-hydrogen) atoms. The van der Waals surface area contributed by atoms with E-state index in [1.165, 1.54) is 4.31 Å². The zero-order valence-corrected chi connectivity index (χ0v) is 12.4. The predicted molar refractivity (Wildman–Crippen MR) is 83.2 cm³/mol. The highest BCUT2D eigenvalue weighted by Crippen LogP contribution is 2.29. The molecule has 0 fully saturated rings. The fourth-order valence-electron chi connectivity index (χ4n) is 2.49. The third kappa shape index (κ3) is 3.03. The molecule has 0 bridgehead atoms. The van der Waals surface area contributed by atoms with Crippen molar-refractivity contribution in [3.05, 3.63) is 60.2 Å². The molecule has 0 unspecified atom stereocenters. The molecule has 0 atom stereocenters. The lowest BCUT2D eigenvalue weighted by atomic mass is 10.2. The molecule has 2 aromatic rings. The number of hydrogen-bond acceptors (Lipinski definition) is 3. The molecule has 1 aliphatic heterocycles. The van der Waals surface area contributed by atoms with Crippen molar-refractivity contribution in [1.82, 2.24) is 0 Å². The van der Waals surface area contributed by atoms with Gasteiger partial charge in [0.2, 0.25) is 10.0 Å². The summed E-state index contributed by atoms with van der Waals surface area (Å²) < 4.78 is 31.8. The highest BCUT2D eigenvalue weighted by molar-refractivity contribution is 7.92. The normalized spacial score (nSPS) is 14.0. The Balaban J connectivity index is 1.65. The summed E-state index contributed by atoms with van der Waals surface area (Å²) in [6.45, 7) is 0.679. The molecule has 1 heterocycles. The third-order valence-electron chi connectivity index (χ3n) is 3.53. The van der Waals surface area contributed by atoms with Gasteiger partial charge in [0, 0.05) is 6.54 Å². The number of para-hydroxylation sites is 2. The van der Waals surface area contributed by atoms with Crippen LogP contribution in [0.15, 0.2) is 54.6 Å². The molecule has 1 aliphatic rings. The van der Waals surface area contributed by atoms with Crippen LogP contribution in [0, 0.1) is 0 Å². The molecule has 0 amide bonds. The Morgan fingerprint density at radius 3 is 2.52 bits per heavy atom. The highest BCUT2D eigenvalue weighted by Gasteiger charge is 2.28. The smallest absolute Gasteiger partial charge is 0.238 e. The van der Waals surface area contributed by atoms with E-state index < -0.39 is 10.0 Å². The summed E-state index contributed by atoms with van der Waals surface area (Å²) in [7, 11) is -3.34. The Kier molecular flexibility index (Phi) is 3.84. The van der Waals surface area contributed by atoms with Crippen molar-refractivity contribution < 1.29 is 13.2 Å². The molecule has 0 aromatic heterocycles. The Hall–Kier alpha value is -2.01. The molecule has 110 valence electrons. The van der Waals surface area contributed by atoms with Crippen molar-refractivity contribution >= 4 is 15.7 Å². The van der Waals surface area contributed by atoms with Crippen LogP contribution in [0.3, 0.4) is 0 Å². The molecular weight excluding hydrogens is 286 g/mol. The Morgan fingerprint density at radius 2 is 1.71 bits per heavy atom. The van der Waals surface area contributed by atoms with Crippen LogP contribution in [0.25, 0.3) is 0 Å². The van der Waals surface area contributed by atoms with Crippen LogP contribution in [0.4, 0.5) is 5.69 Å². The molecule has 0 spiro atoms. The zero-order chi connectivity index (χ0) is 14.7. The van der Waals surface area contributed by atoms with Crippen LogP contribution >= 0.6 is 0 Å². The second-order valence-electron chi connectivity index (χ2n) is 4.93. The highest BCUT2D eigenvalue weighted by atomic mass is 32.2. The third-order valence-corrected chi connectivity index (χ3v) is 5.27. The first-order valence-corrected chi connectivity index (χ1v) is 8.54. The van der Waals surface area contributed by atoms with Crippen molar-refractivity contribution in [2.45, 2.75) is 6.42 Å². The van der Waals surface area contributed by atoms with Gasteiger partial charge in [-0.25, -0.2) is 8.42 Å². The van der Waals surface area contributed by atoms with E-state index in [-0.39, 0.29) is 12.4 Å². The number of ether oxygens (including phenoxy) is 1. The van der Waals surface area contributed by atoms with Crippen molar-refractivity contribution in [2.75, 3.05) is 23.2 Å². The average Bonchev–Trinajstić information content (AvgIpc) is 2.93. The van der Waals surface area contributed by atoms with Gasteiger partial charge >= 0.3 is 0 Å².